The minimum Gasteiger partial charge on any atom is -0.480 e. The van der Waals surface area contributed by atoms with E-state index in [1.165, 1.54) is 24.3 Å². The zero-order chi connectivity index (χ0) is 20.9. The molecule has 28 heavy (non-hydrogen) atoms. The van der Waals surface area contributed by atoms with Crippen molar-refractivity contribution in [1.82, 2.24) is 5.32 Å². The third-order valence-electron chi connectivity index (χ3n) is 3.92. The van der Waals surface area contributed by atoms with E-state index in [1.807, 2.05) is 0 Å². The van der Waals surface area contributed by atoms with Gasteiger partial charge in [0.05, 0.1) is 17.5 Å². The van der Waals surface area contributed by atoms with Gasteiger partial charge in [0.15, 0.2) is 0 Å². The molecule has 0 unspecified atom stereocenters. The van der Waals surface area contributed by atoms with E-state index in [0.717, 1.165) is 24.3 Å². The van der Waals surface area contributed by atoms with Gasteiger partial charge in [0.1, 0.15) is 6.04 Å². The number of amides is 1. The number of carbonyl (C=O) groups is 3. The number of carboxylic acids is 2. The first-order valence-electron chi connectivity index (χ1n) is 8.07. The molecule has 0 fully saturated rings. The summed E-state index contributed by atoms with van der Waals surface area (Å²) in [4.78, 5) is 34.3. The molecule has 0 aliphatic heterocycles. The summed E-state index contributed by atoms with van der Waals surface area (Å²) >= 11 is 0. The molecule has 9 heteroatoms. The predicted octanol–water partition coefficient (Wildman–Crippen LogP) is 2.76. The number of alkyl halides is 3. The normalized spacial score (nSPS) is 12.2. The maximum Gasteiger partial charge on any atom is 0.416 e. The summed E-state index contributed by atoms with van der Waals surface area (Å²) < 4.78 is 37.6. The van der Waals surface area contributed by atoms with Gasteiger partial charge >= 0.3 is 18.1 Å². The van der Waals surface area contributed by atoms with E-state index in [0.29, 0.717) is 11.1 Å². The fourth-order valence-corrected chi connectivity index (χ4v) is 2.46. The van der Waals surface area contributed by atoms with Gasteiger partial charge in [-0.1, -0.05) is 24.3 Å². The number of carbonyl (C=O) groups excluding carboxylic acids is 1. The van der Waals surface area contributed by atoms with Crippen molar-refractivity contribution in [2.45, 2.75) is 25.1 Å². The molecule has 0 spiro atoms. The van der Waals surface area contributed by atoms with Crippen LogP contribution in [0.15, 0.2) is 48.5 Å². The molecule has 0 saturated heterocycles. The van der Waals surface area contributed by atoms with Crippen LogP contribution in [-0.2, 0) is 28.6 Å². The number of benzene rings is 2. The third kappa shape index (κ3) is 5.83. The largest absolute Gasteiger partial charge is 0.480 e. The van der Waals surface area contributed by atoms with E-state index in [1.54, 1.807) is 0 Å². The molecule has 2 aromatic rings. The van der Waals surface area contributed by atoms with Gasteiger partial charge in [0.2, 0.25) is 5.91 Å². The summed E-state index contributed by atoms with van der Waals surface area (Å²) in [7, 11) is 0. The molecular weight excluding hydrogens is 379 g/mol. The van der Waals surface area contributed by atoms with Crippen LogP contribution < -0.4 is 5.32 Å². The summed E-state index contributed by atoms with van der Waals surface area (Å²) in [5, 5.41) is 20.5. The molecule has 0 heterocycles. The number of carboxylic acid groups (broad SMARTS) is 2. The maximum atomic E-state index is 12.5. The first-order valence-corrected chi connectivity index (χ1v) is 8.07. The summed E-state index contributed by atoms with van der Waals surface area (Å²) in [5.41, 5.74) is 0.0134. The van der Waals surface area contributed by atoms with Crippen molar-refractivity contribution >= 4 is 17.8 Å². The quantitative estimate of drug-likeness (QED) is 0.669. The van der Waals surface area contributed by atoms with Gasteiger partial charge in [-0.3, -0.25) is 4.79 Å². The Kier molecular flexibility index (Phi) is 6.40. The van der Waals surface area contributed by atoms with Crippen molar-refractivity contribution in [3.05, 3.63) is 70.8 Å². The highest BCUT2D eigenvalue weighted by molar-refractivity contribution is 5.87. The highest BCUT2D eigenvalue weighted by Gasteiger charge is 2.30. The van der Waals surface area contributed by atoms with Crippen LogP contribution in [0.4, 0.5) is 13.2 Å². The van der Waals surface area contributed by atoms with Crippen molar-refractivity contribution in [3.8, 4) is 0 Å². The lowest BCUT2D eigenvalue weighted by atomic mass is 10.0. The van der Waals surface area contributed by atoms with Crippen molar-refractivity contribution in [2.24, 2.45) is 0 Å². The predicted molar refractivity (Wildman–Crippen MR) is 91.8 cm³/mol. The Morgan fingerprint density at radius 3 is 1.89 bits per heavy atom. The van der Waals surface area contributed by atoms with E-state index in [4.69, 9.17) is 5.11 Å². The van der Waals surface area contributed by atoms with E-state index < -0.39 is 35.6 Å². The Hall–Kier alpha value is -3.36. The molecule has 0 aromatic heterocycles. The summed E-state index contributed by atoms with van der Waals surface area (Å²) in [6.07, 6.45) is -4.83. The first-order chi connectivity index (χ1) is 13.1. The topological polar surface area (TPSA) is 104 Å². The molecule has 0 aliphatic carbocycles. The van der Waals surface area contributed by atoms with E-state index >= 15 is 0 Å². The smallest absolute Gasteiger partial charge is 0.416 e. The molecule has 2 aromatic carbocycles. The maximum absolute atomic E-state index is 12.5. The Bertz CT molecular complexity index is 861. The highest BCUT2D eigenvalue weighted by Crippen LogP contribution is 2.29. The first kappa shape index (κ1) is 20.9. The van der Waals surface area contributed by atoms with Crippen LogP contribution in [-0.4, -0.2) is 34.1 Å². The van der Waals surface area contributed by atoms with Crippen LogP contribution in [0.25, 0.3) is 0 Å². The molecule has 0 bridgehead atoms. The van der Waals surface area contributed by atoms with E-state index in [-0.39, 0.29) is 18.4 Å². The van der Waals surface area contributed by atoms with Crippen LogP contribution >= 0.6 is 0 Å². The zero-order valence-electron chi connectivity index (χ0n) is 14.4. The number of halogens is 3. The van der Waals surface area contributed by atoms with Gasteiger partial charge in [-0.15, -0.1) is 0 Å². The second-order valence-electron chi connectivity index (χ2n) is 6.04. The average Bonchev–Trinajstić information content (AvgIpc) is 2.61. The zero-order valence-corrected chi connectivity index (χ0v) is 14.4. The Balaban J connectivity index is 2.00. The molecule has 1 amide bonds. The molecule has 2 rings (SSSR count). The molecule has 1 atom stereocenters. The van der Waals surface area contributed by atoms with Gasteiger partial charge in [-0.25, -0.2) is 9.59 Å². The van der Waals surface area contributed by atoms with Gasteiger partial charge in [-0.2, -0.15) is 13.2 Å². The Morgan fingerprint density at radius 1 is 0.893 bits per heavy atom. The minimum atomic E-state index is -4.48. The van der Waals surface area contributed by atoms with Crippen molar-refractivity contribution in [3.63, 3.8) is 0 Å². The van der Waals surface area contributed by atoms with Crippen LogP contribution in [0.3, 0.4) is 0 Å². The lowest BCUT2D eigenvalue weighted by molar-refractivity contribution is -0.141. The van der Waals surface area contributed by atoms with Crippen molar-refractivity contribution < 1.29 is 37.8 Å². The molecule has 0 radical (unpaired) electrons. The molecular formula is C19H16F3NO5. The van der Waals surface area contributed by atoms with Gasteiger partial charge < -0.3 is 15.5 Å². The third-order valence-corrected chi connectivity index (χ3v) is 3.92. The number of aromatic carboxylic acids is 1. The monoisotopic (exact) mass is 395 g/mol. The lowest BCUT2D eigenvalue weighted by Crippen LogP contribution is -2.43. The SMILES string of the molecule is O=C(Cc1ccc(C(F)(F)F)cc1)N[C@H](Cc1ccc(C(=O)O)cc1)C(=O)O. The standard InChI is InChI=1S/C19H16F3NO5/c20-19(21,22)14-7-3-12(4-8-14)10-16(24)23-15(18(27)28)9-11-1-5-13(6-2-11)17(25)26/h1-8,15H,9-10H2,(H,23,24)(H,25,26)(H,27,28)/t15-/m1/s1. The molecule has 6 nitrogen and oxygen atoms in total. The number of hydrogen-bond donors (Lipinski definition) is 3. The van der Waals surface area contributed by atoms with Crippen molar-refractivity contribution in [1.29, 1.82) is 0 Å². The average molecular weight is 395 g/mol. The van der Waals surface area contributed by atoms with E-state index in [9.17, 15) is 32.7 Å². The van der Waals surface area contributed by atoms with Gasteiger partial charge in [0.25, 0.3) is 0 Å². The van der Waals surface area contributed by atoms with Crippen LogP contribution in [0.2, 0.25) is 0 Å². The minimum absolute atomic E-state index is 0.0435. The summed E-state index contributed by atoms with van der Waals surface area (Å²) in [6.45, 7) is 0. The molecule has 0 aliphatic rings. The number of hydrogen-bond acceptors (Lipinski definition) is 3. The van der Waals surface area contributed by atoms with Crippen LogP contribution in [0.1, 0.15) is 27.0 Å². The molecule has 3 N–H and O–H groups in total. The second-order valence-corrected chi connectivity index (χ2v) is 6.04. The van der Waals surface area contributed by atoms with Crippen LogP contribution in [0, 0.1) is 0 Å². The lowest BCUT2D eigenvalue weighted by Gasteiger charge is -2.15. The molecule has 148 valence electrons. The van der Waals surface area contributed by atoms with E-state index in [2.05, 4.69) is 5.32 Å². The number of nitrogens with one attached hydrogen (secondary N) is 1. The number of aliphatic carboxylic acids is 1. The highest BCUT2D eigenvalue weighted by atomic mass is 19.4. The summed E-state index contributed by atoms with van der Waals surface area (Å²) in [5.74, 6) is -3.07. The second kappa shape index (κ2) is 8.55. The number of rotatable bonds is 7. The van der Waals surface area contributed by atoms with Gasteiger partial charge in [-0.05, 0) is 35.4 Å². The van der Waals surface area contributed by atoms with Crippen molar-refractivity contribution in [2.75, 3.05) is 0 Å². The van der Waals surface area contributed by atoms with Crippen LogP contribution in [0.5, 0.6) is 0 Å². The fraction of sp³-hybridized carbons (Fsp3) is 0.211. The molecule has 0 saturated carbocycles. The Labute approximate surface area is 157 Å². The fourth-order valence-electron chi connectivity index (χ4n) is 2.46. The Morgan fingerprint density at radius 2 is 1.43 bits per heavy atom. The van der Waals surface area contributed by atoms with Gasteiger partial charge in [0, 0.05) is 6.42 Å². The summed E-state index contributed by atoms with van der Waals surface area (Å²) in [6, 6.07) is 8.27.